The molecule has 1 aliphatic rings. The molecular formula is C13H17NO4. The molecule has 1 unspecified atom stereocenters. The molecule has 98 valence electrons. The van der Waals surface area contributed by atoms with Crippen LogP contribution >= 0.6 is 0 Å². The summed E-state index contributed by atoms with van der Waals surface area (Å²) in [6.07, 6.45) is 1.65. The van der Waals surface area contributed by atoms with Crippen molar-refractivity contribution in [3.8, 4) is 11.5 Å². The lowest BCUT2D eigenvalue weighted by molar-refractivity contribution is -0.137. The summed E-state index contributed by atoms with van der Waals surface area (Å²) in [7, 11) is 1.57. The molecule has 0 aliphatic heterocycles. The molecule has 0 amide bonds. The molecule has 0 heterocycles. The molecule has 5 heteroatoms. The zero-order valence-corrected chi connectivity index (χ0v) is 10.3. The van der Waals surface area contributed by atoms with E-state index in [9.17, 15) is 4.79 Å². The average molecular weight is 251 g/mol. The van der Waals surface area contributed by atoms with E-state index in [0.29, 0.717) is 11.5 Å². The fraction of sp³-hybridized carbons (Fsp3) is 0.462. The fourth-order valence-corrected chi connectivity index (χ4v) is 2.18. The molecule has 0 fully saturated rings. The van der Waals surface area contributed by atoms with E-state index >= 15 is 0 Å². The van der Waals surface area contributed by atoms with Crippen LogP contribution < -0.4 is 15.2 Å². The van der Waals surface area contributed by atoms with Crippen LogP contribution in [0.2, 0.25) is 0 Å². The minimum atomic E-state index is -0.878. The Bertz CT molecular complexity index is 459. The molecule has 2 rings (SSSR count). The summed E-state index contributed by atoms with van der Waals surface area (Å²) in [6, 6.07) is 3.99. The van der Waals surface area contributed by atoms with E-state index in [1.807, 2.05) is 12.1 Å². The van der Waals surface area contributed by atoms with Gasteiger partial charge in [-0.2, -0.15) is 0 Å². The molecule has 1 aromatic carbocycles. The second kappa shape index (κ2) is 5.27. The number of carboxylic acids is 1. The van der Waals surface area contributed by atoms with Gasteiger partial charge in [0.25, 0.3) is 0 Å². The molecule has 0 aromatic heterocycles. The topological polar surface area (TPSA) is 81.8 Å². The van der Waals surface area contributed by atoms with Crippen molar-refractivity contribution >= 4 is 5.97 Å². The van der Waals surface area contributed by atoms with Crippen molar-refractivity contribution in [3.63, 3.8) is 0 Å². The third-order valence-electron chi connectivity index (χ3n) is 3.02. The van der Waals surface area contributed by atoms with Gasteiger partial charge in [0.2, 0.25) is 0 Å². The van der Waals surface area contributed by atoms with Gasteiger partial charge in [-0.3, -0.25) is 4.79 Å². The van der Waals surface area contributed by atoms with Crippen molar-refractivity contribution in [1.82, 2.24) is 0 Å². The molecule has 18 heavy (non-hydrogen) atoms. The van der Waals surface area contributed by atoms with Gasteiger partial charge in [-0.1, -0.05) is 0 Å². The highest BCUT2D eigenvalue weighted by atomic mass is 16.5. The van der Waals surface area contributed by atoms with E-state index in [-0.39, 0.29) is 19.1 Å². The van der Waals surface area contributed by atoms with Gasteiger partial charge in [0.05, 0.1) is 20.1 Å². The first-order chi connectivity index (χ1) is 8.60. The van der Waals surface area contributed by atoms with Crippen molar-refractivity contribution < 1.29 is 19.4 Å². The monoisotopic (exact) mass is 251 g/mol. The predicted octanol–water partition coefficient (Wildman–Crippen LogP) is 0.975. The lowest BCUT2D eigenvalue weighted by atomic mass is 10.1. The molecule has 0 spiro atoms. The summed E-state index contributed by atoms with van der Waals surface area (Å²) in [4.78, 5) is 10.4. The van der Waals surface area contributed by atoms with Crippen molar-refractivity contribution in [2.45, 2.75) is 25.3 Å². The quantitative estimate of drug-likeness (QED) is 0.815. The smallest absolute Gasteiger partial charge is 0.306 e. The Hall–Kier alpha value is -1.75. The molecule has 1 atom stereocenters. The van der Waals surface area contributed by atoms with E-state index in [0.717, 1.165) is 18.4 Å². The Morgan fingerprint density at radius 3 is 2.56 bits per heavy atom. The van der Waals surface area contributed by atoms with Crippen LogP contribution in [-0.4, -0.2) is 30.8 Å². The van der Waals surface area contributed by atoms with Gasteiger partial charge in [0.15, 0.2) is 11.5 Å². The number of benzene rings is 1. The molecule has 0 radical (unpaired) electrons. The van der Waals surface area contributed by atoms with E-state index in [2.05, 4.69) is 0 Å². The van der Waals surface area contributed by atoms with Crippen LogP contribution in [-0.2, 0) is 17.6 Å². The third kappa shape index (κ3) is 2.73. The van der Waals surface area contributed by atoms with Gasteiger partial charge in [-0.05, 0) is 36.1 Å². The first-order valence-corrected chi connectivity index (χ1v) is 5.90. The first-order valence-electron chi connectivity index (χ1n) is 5.90. The zero-order chi connectivity index (χ0) is 13.1. The number of nitrogens with two attached hydrogens (primary N) is 1. The van der Waals surface area contributed by atoms with Crippen LogP contribution in [0.5, 0.6) is 11.5 Å². The summed E-state index contributed by atoms with van der Waals surface area (Å²) < 4.78 is 10.7. The van der Waals surface area contributed by atoms with Crippen molar-refractivity contribution in [2.24, 2.45) is 5.73 Å². The summed E-state index contributed by atoms with van der Waals surface area (Å²) in [5, 5.41) is 8.58. The number of hydrogen-bond donors (Lipinski definition) is 2. The molecule has 0 saturated heterocycles. The zero-order valence-electron chi connectivity index (χ0n) is 10.3. The van der Waals surface area contributed by atoms with Crippen LogP contribution in [0.25, 0.3) is 0 Å². The first kappa shape index (κ1) is 12.7. The van der Waals surface area contributed by atoms with Gasteiger partial charge in [-0.15, -0.1) is 0 Å². The van der Waals surface area contributed by atoms with Gasteiger partial charge < -0.3 is 20.3 Å². The Morgan fingerprint density at radius 2 is 2.00 bits per heavy atom. The van der Waals surface area contributed by atoms with Crippen molar-refractivity contribution in [3.05, 3.63) is 23.3 Å². The Kier molecular flexibility index (Phi) is 3.72. The fourth-order valence-electron chi connectivity index (χ4n) is 2.18. The summed E-state index contributed by atoms with van der Waals surface area (Å²) in [5.41, 5.74) is 8.25. The van der Waals surface area contributed by atoms with E-state index in [1.54, 1.807) is 7.11 Å². The Labute approximate surface area is 106 Å². The Morgan fingerprint density at radius 1 is 1.39 bits per heavy atom. The minimum Gasteiger partial charge on any atom is -0.493 e. The highest BCUT2D eigenvalue weighted by Crippen LogP contribution is 2.34. The maximum atomic E-state index is 10.4. The van der Waals surface area contributed by atoms with Crippen LogP contribution in [0, 0.1) is 0 Å². The van der Waals surface area contributed by atoms with E-state index in [4.69, 9.17) is 20.3 Å². The largest absolute Gasteiger partial charge is 0.493 e. The van der Waals surface area contributed by atoms with E-state index < -0.39 is 5.97 Å². The number of methoxy groups -OCH3 is 1. The summed E-state index contributed by atoms with van der Waals surface area (Å²) >= 11 is 0. The molecule has 3 N–H and O–H groups in total. The maximum absolute atomic E-state index is 10.4. The number of carboxylic acid groups (broad SMARTS) is 1. The number of carbonyl (C=O) groups is 1. The lowest BCUT2D eigenvalue weighted by Crippen LogP contribution is -2.18. The van der Waals surface area contributed by atoms with Crippen LogP contribution in [0.4, 0.5) is 0 Å². The van der Waals surface area contributed by atoms with Crippen LogP contribution in [0.1, 0.15) is 17.5 Å². The number of ether oxygens (including phenoxy) is 2. The van der Waals surface area contributed by atoms with Crippen LogP contribution in [0.15, 0.2) is 12.1 Å². The highest BCUT2D eigenvalue weighted by molar-refractivity contribution is 5.66. The second-order valence-electron chi connectivity index (χ2n) is 4.43. The lowest BCUT2D eigenvalue weighted by Gasteiger charge is -2.12. The van der Waals surface area contributed by atoms with Gasteiger partial charge in [-0.25, -0.2) is 0 Å². The highest BCUT2D eigenvalue weighted by Gasteiger charge is 2.21. The number of rotatable bonds is 5. The second-order valence-corrected chi connectivity index (χ2v) is 4.43. The minimum absolute atomic E-state index is 0.0280. The predicted molar refractivity (Wildman–Crippen MR) is 66.1 cm³/mol. The average Bonchev–Trinajstić information content (AvgIpc) is 2.66. The van der Waals surface area contributed by atoms with E-state index in [1.165, 1.54) is 5.56 Å². The summed E-state index contributed by atoms with van der Waals surface area (Å²) in [6.45, 7) is 0.135. The van der Waals surface area contributed by atoms with Crippen molar-refractivity contribution in [1.29, 1.82) is 0 Å². The molecule has 1 aliphatic carbocycles. The van der Waals surface area contributed by atoms with Crippen LogP contribution in [0.3, 0.4) is 0 Å². The number of hydrogen-bond acceptors (Lipinski definition) is 4. The molecule has 1 aromatic rings. The van der Waals surface area contributed by atoms with Gasteiger partial charge in [0.1, 0.15) is 0 Å². The van der Waals surface area contributed by atoms with Gasteiger partial charge in [0, 0.05) is 6.04 Å². The number of fused-ring (bicyclic) bond motifs is 1. The molecule has 0 saturated carbocycles. The summed E-state index contributed by atoms with van der Waals surface area (Å²) in [5.74, 6) is 0.344. The standard InChI is InChI=1S/C13H17NO4/c1-17-11-6-8-4-10(14)5-9(8)7-12(11)18-3-2-13(15)16/h6-7,10H,2-5,14H2,1H3,(H,15,16). The molecular weight excluding hydrogens is 234 g/mol. The molecule has 0 bridgehead atoms. The normalized spacial score (nSPS) is 17.3. The third-order valence-corrected chi connectivity index (χ3v) is 3.02. The van der Waals surface area contributed by atoms with Gasteiger partial charge >= 0.3 is 5.97 Å². The maximum Gasteiger partial charge on any atom is 0.306 e. The SMILES string of the molecule is COc1cc2c(cc1OCCC(=O)O)CC(N)C2. The Balaban J connectivity index is 2.14. The number of aliphatic carboxylic acids is 1. The molecule has 5 nitrogen and oxygen atoms in total. The van der Waals surface area contributed by atoms with Crippen molar-refractivity contribution in [2.75, 3.05) is 13.7 Å².